The molecule has 0 saturated heterocycles. The van der Waals surface area contributed by atoms with Crippen LogP contribution in [0.15, 0.2) is 24.3 Å². The van der Waals surface area contributed by atoms with Gasteiger partial charge < -0.3 is 10.4 Å². The molecule has 3 nitrogen and oxygen atoms in total. The summed E-state index contributed by atoms with van der Waals surface area (Å²) >= 11 is 0. The van der Waals surface area contributed by atoms with Crippen molar-refractivity contribution in [2.24, 2.45) is 5.92 Å². The Morgan fingerprint density at radius 1 is 1.40 bits per heavy atom. The monoisotopic (exact) mass is 279 g/mol. The number of benzene rings is 1. The first-order valence-corrected chi connectivity index (χ1v) is 7.24. The summed E-state index contributed by atoms with van der Waals surface area (Å²) in [5.41, 5.74) is 0.421. The van der Waals surface area contributed by atoms with E-state index in [1.54, 1.807) is 12.1 Å². The third kappa shape index (κ3) is 3.01. The number of carbonyl (C=O) groups is 1. The molecule has 0 aromatic heterocycles. The maximum Gasteiger partial charge on any atom is 0.230 e. The minimum Gasteiger partial charge on any atom is -0.396 e. The zero-order chi connectivity index (χ0) is 14.6. The summed E-state index contributed by atoms with van der Waals surface area (Å²) in [6.45, 7) is 2.71. The van der Waals surface area contributed by atoms with E-state index in [-0.39, 0.29) is 24.2 Å². The van der Waals surface area contributed by atoms with Crippen molar-refractivity contribution in [3.8, 4) is 0 Å². The van der Waals surface area contributed by atoms with Crippen molar-refractivity contribution in [1.82, 2.24) is 5.32 Å². The number of hydrogen-bond acceptors (Lipinski definition) is 2. The number of aliphatic hydroxyl groups excluding tert-OH is 1. The van der Waals surface area contributed by atoms with Gasteiger partial charge in [-0.05, 0) is 42.9 Å². The standard InChI is InChI=1S/C16H22FNO2/c1-12(7-10-19)11-18-15(20)16(8-2-9-16)13-3-5-14(17)6-4-13/h3-6,12,19H,2,7-11H2,1H3,(H,18,20). The second-order valence-corrected chi connectivity index (χ2v) is 5.77. The predicted octanol–water partition coefficient (Wildman–Crippen LogP) is 2.38. The van der Waals surface area contributed by atoms with Crippen molar-refractivity contribution < 1.29 is 14.3 Å². The number of hydrogen-bond donors (Lipinski definition) is 2. The van der Waals surface area contributed by atoms with Crippen LogP contribution in [0.4, 0.5) is 4.39 Å². The van der Waals surface area contributed by atoms with Crippen molar-refractivity contribution in [2.45, 2.75) is 38.0 Å². The topological polar surface area (TPSA) is 49.3 Å². The van der Waals surface area contributed by atoms with E-state index >= 15 is 0 Å². The van der Waals surface area contributed by atoms with Crippen LogP contribution in [0.25, 0.3) is 0 Å². The van der Waals surface area contributed by atoms with Crippen LogP contribution in [0.5, 0.6) is 0 Å². The van der Waals surface area contributed by atoms with E-state index in [4.69, 9.17) is 5.11 Å². The second kappa shape index (κ2) is 6.35. The lowest BCUT2D eigenvalue weighted by atomic mass is 9.64. The molecule has 1 aliphatic carbocycles. The van der Waals surface area contributed by atoms with Gasteiger partial charge in [0.25, 0.3) is 0 Å². The average Bonchev–Trinajstić information content (AvgIpc) is 2.38. The molecule has 4 heteroatoms. The first-order valence-electron chi connectivity index (χ1n) is 7.24. The molecule has 0 aliphatic heterocycles. The molecule has 0 spiro atoms. The van der Waals surface area contributed by atoms with Gasteiger partial charge in [0.15, 0.2) is 0 Å². The van der Waals surface area contributed by atoms with Gasteiger partial charge in [-0.3, -0.25) is 4.79 Å². The minimum atomic E-state index is -0.480. The summed E-state index contributed by atoms with van der Waals surface area (Å²) in [6.07, 6.45) is 3.35. The van der Waals surface area contributed by atoms with Crippen molar-refractivity contribution >= 4 is 5.91 Å². The fourth-order valence-corrected chi connectivity index (χ4v) is 2.70. The maximum atomic E-state index is 13.0. The van der Waals surface area contributed by atoms with E-state index < -0.39 is 5.41 Å². The van der Waals surface area contributed by atoms with Crippen LogP contribution in [0, 0.1) is 11.7 Å². The molecular weight excluding hydrogens is 257 g/mol. The fraction of sp³-hybridized carbons (Fsp3) is 0.562. The Kier molecular flexibility index (Phi) is 4.76. The molecule has 1 unspecified atom stereocenters. The lowest BCUT2D eigenvalue weighted by molar-refractivity contribution is -0.130. The van der Waals surface area contributed by atoms with Crippen molar-refractivity contribution in [2.75, 3.05) is 13.2 Å². The first-order chi connectivity index (χ1) is 9.58. The van der Waals surface area contributed by atoms with E-state index in [9.17, 15) is 9.18 Å². The Morgan fingerprint density at radius 2 is 2.05 bits per heavy atom. The molecule has 2 N–H and O–H groups in total. The molecule has 1 aliphatic rings. The molecule has 2 rings (SSSR count). The van der Waals surface area contributed by atoms with Crippen LogP contribution >= 0.6 is 0 Å². The lowest BCUT2D eigenvalue weighted by Crippen LogP contribution is -2.50. The van der Waals surface area contributed by atoms with Gasteiger partial charge in [0.05, 0.1) is 5.41 Å². The van der Waals surface area contributed by atoms with Crippen LogP contribution in [0.2, 0.25) is 0 Å². The van der Waals surface area contributed by atoms with Gasteiger partial charge in [0, 0.05) is 13.2 Å². The van der Waals surface area contributed by atoms with Gasteiger partial charge in [-0.1, -0.05) is 25.5 Å². The Bertz CT molecular complexity index is 454. The molecule has 1 amide bonds. The highest BCUT2D eigenvalue weighted by atomic mass is 19.1. The fourth-order valence-electron chi connectivity index (χ4n) is 2.70. The van der Waals surface area contributed by atoms with E-state index in [0.717, 1.165) is 24.8 Å². The molecule has 1 saturated carbocycles. The highest BCUT2D eigenvalue weighted by Gasteiger charge is 2.45. The number of amides is 1. The number of nitrogens with one attached hydrogen (secondary N) is 1. The van der Waals surface area contributed by atoms with Crippen LogP contribution in [0.1, 0.15) is 38.2 Å². The van der Waals surface area contributed by atoms with E-state index in [1.807, 2.05) is 6.92 Å². The zero-order valence-electron chi connectivity index (χ0n) is 11.9. The highest BCUT2D eigenvalue weighted by Crippen LogP contribution is 2.44. The maximum absolute atomic E-state index is 13.0. The van der Waals surface area contributed by atoms with Gasteiger partial charge in [-0.25, -0.2) is 4.39 Å². The third-order valence-corrected chi connectivity index (χ3v) is 4.27. The van der Waals surface area contributed by atoms with Crippen LogP contribution in [-0.2, 0) is 10.2 Å². The predicted molar refractivity (Wildman–Crippen MR) is 75.8 cm³/mol. The SMILES string of the molecule is CC(CCO)CNC(=O)C1(c2ccc(F)cc2)CCC1. The van der Waals surface area contributed by atoms with E-state index in [1.165, 1.54) is 12.1 Å². The Balaban J connectivity index is 2.03. The van der Waals surface area contributed by atoms with E-state index in [2.05, 4.69) is 5.32 Å². The summed E-state index contributed by atoms with van der Waals surface area (Å²) in [5, 5.41) is 11.9. The quantitative estimate of drug-likeness (QED) is 0.840. The van der Waals surface area contributed by atoms with Gasteiger partial charge in [-0.15, -0.1) is 0 Å². The number of aliphatic hydroxyl groups is 1. The molecule has 1 fully saturated rings. The summed E-state index contributed by atoms with van der Waals surface area (Å²) < 4.78 is 13.0. The molecule has 20 heavy (non-hydrogen) atoms. The smallest absolute Gasteiger partial charge is 0.230 e. The summed E-state index contributed by atoms with van der Waals surface area (Å²) in [7, 11) is 0. The van der Waals surface area contributed by atoms with Crippen LogP contribution < -0.4 is 5.32 Å². The van der Waals surface area contributed by atoms with Gasteiger partial charge in [0.2, 0.25) is 5.91 Å². The summed E-state index contributed by atoms with van der Waals surface area (Å²) in [5.74, 6) is 0.00893. The number of halogens is 1. The van der Waals surface area contributed by atoms with Crippen molar-refractivity contribution in [3.05, 3.63) is 35.6 Å². The Labute approximate surface area is 119 Å². The Morgan fingerprint density at radius 3 is 2.55 bits per heavy atom. The minimum absolute atomic E-state index is 0.0279. The zero-order valence-corrected chi connectivity index (χ0v) is 11.9. The molecule has 1 aromatic carbocycles. The van der Waals surface area contributed by atoms with Crippen molar-refractivity contribution in [3.63, 3.8) is 0 Å². The third-order valence-electron chi connectivity index (χ3n) is 4.27. The molecule has 0 radical (unpaired) electrons. The normalized spacial score (nSPS) is 18.1. The number of carbonyl (C=O) groups excluding carboxylic acids is 1. The molecule has 1 atom stereocenters. The molecule has 0 bridgehead atoms. The molecule has 0 heterocycles. The molecular formula is C16H22FNO2. The molecule has 110 valence electrons. The summed E-state index contributed by atoms with van der Waals surface area (Å²) in [6, 6.07) is 6.25. The van der Waals surface area contributed by atoms with Gasteiger partial charge in [0.1, 0.15) is 5.82 Å². The van der Waals surface area contributed by atoms with E-state index in [0.29, 0.717) is 13.0 Å². The molecule has 1 aromatic rings. The largest absolute Gasteiger partial charge is 0.396 e. The lowest BCUT2D eigenvalue weighted by Gasteiger charge is -2.41. The van der Waals surface area contributed by atoms with Crippen molar-refractivity contribution in [1.29, 1.82) is 0 Å². The van der Waals surface area contributed by atoms with Gasteiger partial charge in [-0.2, -0.15) is 0 Å². The van der Waals surface area contributed by atoms with Gasteiger partial charge >= 0.3 is 0 Å². The average molecular weight is 279 g/mol. The summed E-state index contributed by atoms with van der Waals surface area (Å²) in [4.78, 5) is 12.5. The first kappa shape index (κ1) is 15.0. The van der Waals surface area contributed by atoms with Crippen LogP contribution in [0.3, 0.4) is 0 Å². The highest BCUT2D eigenvalue weighted by molar-refractivity contribution is 5.89. The van der Waals surface area contributed by atoms with Crippen LogP contribution in [-0.4, -0.2) is 24.2 Å². The number of rotatable bonds is 6. The Hall–Kier alpha value is -1.42. The second-order valence-electron chi connectivity index (χ2n) is 5.77.